The fourth-order valence-electron chi connectivity index (χ4n) is 12.5. The molecule has 0 spiro atoms. The number of phenols is 1. The van der Waals surface area contributed by atoms with Gasteiger partial charge < -0.3 is 30.3 Å². The first-order valence-corrected chi connectivity index (χ1v) is 18.4. The van der Waals surface area contributed by atoms with Crippen molar-refractivity contribution >= 4 is 5.91 Å². The summed E-state index contributed by atoms with van der Waals surface area (Å²) in [4.78, 5) is 14.5. The molecule has 8 nitrogen and oxygen atoms in total. The lowest BCUT2D eigenvalue weighted by atomic mass is 9.33. The maximum absolute atomic E-state index is 14.5. The quantitative estimate of drug-likeness (QED) is 0.227. The Hall–Kier alpha value is -2.68. The van der Waals surface area contributed by atoms with Gasteiger partial charge in [0.15, 0.2) is 5.76 Å². The third-order valence-corrected chi connectivity index (χ3v) is 15.7. The third kappa shape index (κ3) is 4.57. The van der Waals surface area contributed by atoms with E-state index in [0.29, 0.717) is 35.6 Å². The molecule has 5 aliphatic rings. The van der Waals surface area contributed by atoms with Crippen molar-refractivity contribution in [2.24, 2.45) is 56.7 Å². The van der Waals surface area contributed by atoms with Crippen molar-refractivity contribution in [2.75, 3.05) is 6.61 Å². The van der Waals surface area contributed by atoms with Crippen molar-refractivity contribution in [3.8, 4) is 17.0 Å². The van der Waals surface area contributed by atoms with Gasteiger partial charge in [-0.1, -0.05) is 58.3 Å². The Balaban J connectivity index is 1.19. The summed E-state index contributed by atoms with van der Waals surface area (Å²) >= 11 is 0. The monoisotopic (exact) mass is 660 g/mol. The molecule has 5 N–H and O–H groups in total. The highest BCUT2D eigenvalue weighted by Gasteiger charge is 2.70. The Morgan fingerprint density at radius 3 is 2.44 bits per heavy atom. The van der Waals surface area contributed by atoms with Crippen LogP contribution in [0.2, 0.25) is 0 Å². The zero-order valence-electron chi connectivity index (χ0n) is 29.6. The Bertz CT molecular complexity index is 1590. The molecule has 4 fully saturated rings. The lowest BCUT2D eigenvalue weighted by Gasteiger charge is -2.71. The fourth-order valence-corrected chi connectivity index (χ4v) is 12.5. The van der Waals surface area contributed by atoms with E-state index in [1.54, 1.807) is 24.3 Å². The highest BCUT2D eigenvalue weighted by Crippen LogP contribution is 2.75. The van der Waals surface area contributed by atoms with Crippen LogP contribution in [-0.2, 0) is 11.3 Å². The van der Waals surface area contributed by atoms with Gasteiger partial charge in [0, 0.05) is 17.0 Å². The van der Waals surface area contributed by atoms with E-state index in [1.165, 1.54) is 5.57 Å². The van der Waals surface area contributed by atoms with E-state index in [9.17, 15) is 25.2 Å². The molecule has 5 aliphatic carbocycles. The number of nitrogens with one attached hydrogen (secondary N) is 1. The zero-order chi connectivity index (χ0) is 34.4. The number of rotatable bonds is 5. The number of hydrogen-bond acceptors (Lipinski definition) is 7. The maximum Gasteiger partial charge on any atom is 0.227 e. The van der Waals surface area contributed by atoms with Gasteiger partial charge >= 0.3 is 0 Å². The van der Waals surface area contributed by atoms with Gasteiger partial charge in [0.25, 0.3) is 0 Å². The summed E-state index contributed by atoms with van der Waals surface area (Å²) in [6, 6.07) is 8.69. The number of nitrogens with zero attached hydrogens (tertiary/aromatic N) is 1. The number of aromatic hydroxyl groups is 1. The van der Waals surface area contributed by atoms with Gasteiger partial charge in [-0.05, 0) is 121 Å². The van der Waals surface area contributed by atoms with Crippen LogP contribution < -0.4 is 5.32 Å². The SMILES string of the molecule is C[C@H]1[C@H](C)CC[C@]2(C(=O)NCc3cc(-c4ccc(O)cc4)no3)CC[C@]3(C)C(=CC[C@@H]4[C@@]5(C)C[C@@H](O)[C@H](O)[C@@](C)(CO)C5CC[C@]43C)[C@H]12. The molecule has 7 rings (SSSR count). The molecule has 0 bridgehead atoms. The van der Waals surface area contributed by atoms with Crippen LogP contribution in [0.3, 0.4) is 0 Å². The minimum absolute atomic E-state index is 0.0335. The van der Waals surface area contributed by atoms with Gasteiger partial charge in [-0.15, -0.1) is 0 Å². The van der Waals surface area contributed by atoms with Crippen molar-refractivity contribution in [3.05, 3.63) is 47.7 Å². The van der Waals surface area contributed by atoms with Crippen LogP contribution >= 0.6 is 0 Å². The molecule has 2 aromatic rings. The van der Waals surface area contributed by atoms with Gasteiger partial charge in [0.2, 0.25) is 5.91 Å². The third-order valence-electron chi connectivity index (χ3n) is 15.7. The summed E-state index contributed by atoms with van der Waals surface area (Å²) in [6.07, 6.45) is 7.77. The summed E-state index contributed by atoms with van der Waals surface area (Å²) in [5.41, 5.74) is 1.41. The van der Waals surface area contributed by atoms with Crippen LogP contribution in [0, 0.1) is 56.7 Å². The van der Waals surface area contributed by atoms with E-state index in [4.69, 9.17) is 4.52 Å². The summed E-state index contributed by atoms with van der Waals surface area (Å²) in [5.74, 6) is 2.35. The van der Waals surface area contributed by atoms with E-state index in [2.05, 4.69) is 51.2 Å². The van der Waals surface area contributed by atoms with Crippen molar-refractivity contribution in [1.82, 2.24) is 10.5 Å². The minimum Gasteiger partial charge on any atom is -0.508 e. The van der Waals surface area contributed by atoms with Crippen molar-refractivity contribution in [1.29, 1.82) is 0 Å². The van der Waals surface area contributed by atoms with E-state index in [1.807, 2.05) is 13.0 Å². The van der Waals surface area contributed by atoms with Gasteiger partial charge in [-0.25, -0.2) is 0 Å². The van der Waals surface area contributed by atoms with E-state index in [-0.39, 0.29) is 52.9 Å². The maximum atomic E-state index is 14.5. The first-order valence-electron chi connectivity index (χ1n) is 18.4. The Morgan fingerprint density at radius 2 is 1.73 bits per heavy atom. The zero-order valence-corrected chi connectivity index (χ0v) is 29.6. The van der Waals surface area contributed by atoms with Crippen LogP contribution in [0.15, 0.2) is 46.5 Å². The second-order valence-corrected chi connectivity index (χ2v) is 17.6. The van der Waals surface area contributed by atoms with E-state index < -0.39 is 23.0 Å². The molecule has 1 heterocycles. The largest absolute Gasteiger partial charge is 0.508 e. The Labute approximate surface area is 285 Å². The van der Waals surface area contributed by atoms with Crippen molar-refractivity contribution < 1.29 is 29.7 Å². The summed E-state index contributed by atoms with van der Waals surface area (Å²) < 4.78 is 5.64. The summed E-state index contributed by atoms with van der Waals surface area (Å²) in [7, 11) is 0. The molecule has 12 atom stereocenters. The number of carbonyl (C=O) groups is 1. The van der Waals surface area contributed by atoms with E-state index >= 15 is 0 Å². The van der Waals surface area contributed by atoms with Gasteiger partial charge in [-0.3, -0.25) is 4.79 Å². The molecular weight excluding hydrogens is 604 g/mol. The average Bonchev–Trinajstić information content (AvgIpc) is 3.54. The van der Waals surface area contributed by atoms with Crippen LogP contribution in [0.4, 0.5) is 0 Å². The highest BCUT2D eigenvalue weighted by atomic mass is 16.5. The Morgan fingerprint density at radius 1 is 1.00 bits per heavy atom. The molecule has 0 radical (unpaired) electrons. The van der Waals surface area contributed by atoms with Crippen LogP contribution in [0.1, 0.15) is 98.7 Å². The first kappa shape index (κ1) is 33.8. The second kappa shape index (κ2) is 11.4. The molecular formula is C40H56N2O6. The second-order valence-electron chi connectivity index (χ2n) is 17.6. The van der Waals surface area contributed by atoms with Gasteiger partial charge in [-0.2, -0.15) is 0 Å². The molecule has 4 saturated carbocycles. The molecule has 1 amide bonds. The first-order chi connectivity index (χ1) is 22.6. The van der Waals surface area contributed by atoms with Crippen molar-refractivity contribution in [3.63, 3.8) is 0 Å². The van der Waals surface area contributed by atoms with E-state index in [0.717, 1.165) is 50.5 Å². The lowest BCUT2D eigenvalue weighted by Crippen LogP contribution is -2.68. The van der Waals surface area contributed by atoms with Crippen LogP contribution in [0.25, 0.3) is 11.3 Å². The fraction of sp³-hybridized carbons (Fsp3) is 0.700. The average molecular weight is 661 g/mol. The number of benzene rings is 1. The molecule has 262 valence electrons. The number of aliphatic hydroxyl groups is 3. The molecule has 8 heteroatoms. The minimum atomic E-state index is -0.926. The van der Waals surface area contributed by atoms with Crippen LogP contribution in [-0.4, -0.2) is 50.3 Å². The molecule has 0 aliphatic heterocycles. The number of amides is 1. The normalized spacial score (nSPS) is 45.2. The Kier molecular flexibility index (Phi) is 8.05. The molecule has 1 aromatic heterocycles. The molecule has 48 heavy (non-hydrogen) atoms. The molecule has 0 saturated heterocycles. The molecule has 1 aromatic carbocycles. The number of fused-ring (bicyclic) bond motifs is 7. The number of carbonyl (C=O) groups excluding carboxylic acids is 1. The van der Waals surface area contributed by atoms with Gasteiger partial charge in [0.05, 0.1) is 30.8 Å². The van der Waals surface area contributed by atoms with Crippen LogP contribution in [0.5, 0.6) is 5.75 Å². The number of aliphatic hydroxyl groups excluding tert-OH is 3. The predicted molar refractivity (Wildman–Crippen MR) is 183 cm³/mol. The summed E-state index contributed by atoms with van der Waals surface area (Å²) in [5, 5.41) is 50.1. The highest BCUT2D eigenvalue weighted by molar-refractivity contribution is 5.84. The number of allylic oxidation sites excluding steroid dienone is 2. The number of aromatic nitrogens is 1. The predicted octanol–water partition coefficient (Wildman–Crippen LogP) is 6.63. The van der Waals surface area contributed by atoms with Crippen molar-refractivity contribution in [2.45, 2.75) is 112 Å². The smallest absolute Gasteiger partial charge is 0.227 e. The number of hydrogen-bond donors (Lipinski definition) is 5. The lowest BCUT2D eigenvalue weighted by molar-refractivity contribution is -0.243. The summed E-state index contributed by atoms with van der Waals surface area (Å²) in [6.45, 7) is 14.1. The standard InChI is InChI=1S/C40H56N2O6/c1-23-13-16-40(35(47)41-21-27-19-29(42-48-27)25-7-9-26(44)10-8-25)18-17-38(5)28(33(40)24(23)2)11-12-32-36(3)20-30(45)34(46)37(4,22-43)31(36)14-15-39(32,38)6/h7-11,19,23-24,30-34,43-46H,12-18,20-22H2,1-6H3,(H,41,47)/t23-,24+,30-,31?,32-,33+,34+,36+,37+,38-,39-,40+/m1/s1. The topological polar surface area (TPSA) is 136 Å². The van der Waals surface area contributed by atoms with Gasteiger partial charge in [0.1, 0.15) is 11.4 Å². The number of phenolic OH excluding ortho intramolecular Hbond substituents is 1. The molecule has 1 unspecified atom stereocenters.